The Morgan fingerprint density at radius 1 is 1.04 bits per heavy atom. The third kappa shape index (κ3) is 8.09. The lowest BCUT2D eigenvalue weighted by atomic mass is 10.2. The highest BCUT2D eigenvalue weighted by molar-refractivity contribution is 5.70. The van der Waals surface area contributed by atoms with Gasteiger partial charge in [-0.1, -0.05) is 54.6 Å². The lowest BCUT2D eigenvalue weighted by molar-refractivity contribution is -0.142. The number of alkyl carbamates (subject to hydrolysis) is 1. The first-order valence-electron chi connectivity index (χ1n) is 8.58. The molecule has 0 aliphatic carbocycles. The molecule has 6 nitrogen and oxygen atoms in total. The Morgan fingerprint density at radius 2 is 1.78 bits per heavy atom. The first-order valence-corrected chi connectivity index (χ1v) is 8.58. The van der Waals surface area contributed by atoms with Gasteiger partial charge in [-0.25, -0.2) is 9.59 Å². The van der Waals surface area contributed by atoms with Crippen molar-refractivity contribution in [1.82, 2.24) is 5.32 Å². The Morgan fingerprint density at radius 3 is 2.48 bits per heavy atom. The second-order valence-corrected chi connectivity index (χ2v) is 5.61. The highest BCUT2D eigenvalue weighted by Gasteiger charge is 2.02. The van der Waals surface area contributed by atoms with Crippen molar-refractivity contribution >= 4 is 18.1 Å². The van der Waals surface area contributed by atoms with Gasteiger partial charge in [0.25, 0.3) is 0 Å². The van der Waals surface area contributed by atoms with Gasteiger partial charge in [0.2, 0.25) is 0 Å². The quantitative estimate of drug-likeness (QED) is 0.540. The normalized spacial score (nSPS) is 10.4. The van der Waals surface area contributed by atoms with Crippen LogP contribution < -0.4 is 10.1 Å². The maximum absolute atomic E-state index is 11.6. The number of benzene rings is 2. The molecule has 0 fully saturated rings. The van der Waals surface area contributed by atoms with E-state index < -0.39 is 12.1 Å². The third-order valence-corrected chi connectivity index (χ3v) is 3.57. The molecule has 2 aromatic carbocycles. The molecule has 0 saturated carbocycles. The fourth-order valence-electron chi connectivity index (χ4n) is 2.13. The predicted octanol–water partition coefficient (Wildman–Crippen LogP) is 3.57. The minimum Gasteiger partial charge on any atom is -0.482 e. The van der Waals surface area contributed by atoms with E-state index in [2.05, 4.69) is 10.1 Å². The molecular weight excluding hydrogens is 346 g/mol. The van der Waals surface area contributed by atoms with Gasteiger partial charge in [0.05, 0.1) is 7.11 Å². The van der Waals surface area contributed by atoms with E-state index in [1.54, 1.807) is 12.1 Å². The van der Waals surface area contributed by atoms with E-state index in [1.165, 1.54) is 7.11 Å². The highest BCUT2D eigenvalue weighted by Crippen LogP contribution is 2.13. The maximum Gasteiger partial charge on any atom is 0.407 e. The van der Waals surface area contributed by atoms with Crippen LogP contribution in [0.1, 0.15) is 17.5 Å². The van der Waals surface area contributed by atoms with Crippen LogP contribution >= 0.6 is 0 Å². The minimum atomic E-state index is -0.431. The second kappa shape index (κ2) is 11.4. The molecule has 2 rings (SSSR count). The Labute approximate surface area is 158 Å². The maximum atomic E-state index is 11.6. The van der Waals surface area contributed by atoms with E-state index >= 15 is 0 Å². The summed E-state index contributed by atoms with van der Waals surface area (Å²) in [5.41, 5.74) is 1.94. The number of esters is 1. The molecule has 0 radical (unpaired) electrons. The number of amides is 1. The summed E-state index contributed by atoms with van der Waals surface area (Å²) in [5, 5.41) is 2.70. The molecule has 1 N–H and O–H groups in total. The smallest absolute Gasteiger partial charge is 0.407 e. The molecule has 142 valence electrons. The summed E-state index contributed by atoms with van der Waals surface area (Å²) in [6, 6.07) is 16.8. The number of carbonyl (C=O) groups excluding carboxylic acids is 2. The number of nitrogens with one attached hydrogen (secondary N) is 1. The Balaban J connectivity index is 1.62. The average Bonchev–Trinajstić information content (AvgIpc) is 2.71. The van der Waals surface area contributed by atoms with Crippen molar-refractivity contribution in [3.63, 3.8) is 0 Å². The summed E-state index contributed by atoms with van der Waals surface area (Å²) in [6.45, 7) is 0.634. The third-order valence-electron chi connectivity index (χ3n) is 3.57. The average molecular weight is 369 g/mol. The summed E-state index contributed by atoms with van der Waals surface area (Å²) in [7, 11) is 1.32. The van der Waals surface area contributed by atoms with Gasteiger partial charge in [-0.05, 0) is 29.7 Å². The lowest BCUT2D eigenvalue weighted by Gasteiger charge is -2.06. The molecule has 0 aromatic heterocycles. The fraction of sp³-hybridized carbons (Fsp3) is 0.238. The predicted molar refractivity (Wildman–Crippen MR) is 102 cm³/mol. The van der Waals surface area contributed by atoms with Gasteiger partial charge in [-0.2, -0.15) is 0 Å². The van der Waals surface area contributed by atoms with Crippen molar-refractivity contribution in [2.45, 2.75) is 13.0 Å². The van der Waals surface area contributed by atoms with Crippen LogP contribution in [-0.4, -0.2) is 32.3 Å². The van der Waals surface area contributed by atoms with Gasteiger partial charge in [-0.15, -0.1) is 0 Å². The van der Waals surface area contributed by atoms with E-state index in [-0.39, 0.29) is 13.2 Å². The SMILES string of the molecule is COC(=O)COc1ccc(C=CCCNC(=O)OCc2ccccc2)cc1. The number of methoxy groups -OCH3 is 1. The van der Waals surface area contributed by atoms with E-state index in [4.69, 9.17) is 9.47 Å². The Bertz CT molecular complexity index is 741. The summed E-state index contributed by atoms with van der Waals surface area (Å²) in [6.07, 6.45) is 4.16. The van der Waals surface area contributed by atoms with E-state index in [1.807, 2.05) is 54.6 Å². The Hall–Kier alpha value is -3.28. The highest BCUT2D eigenvalue weighted by atomic mass is 16.6. The zero-order chi connectivity index (χ0) is 19.3. The van der Waals surface area contributed by atoms with Gasteiger partial charge < -0.3 is 19.5 Å². The molecule has 0 heterocycles. The molecule has 0 saturated heterocycles. The van der Waals surface area contributed by atoms with E-state index in [9.17, 15) is 9.59 Å². The van der Waals surface area contributed by atoms with Crippen molar-refractivity contribution < 1.29 is 23.8 Å². The van der Waals surface area contributed by atoms with Crippen LogP contribution in [0.25, 0.3) is 6.08 Å². The molecule has 2 aromatic rings. The first kappa shape index (κ1) is 20.0. The number of carbonyl (C=O) groups is 2. The van der Waals surface area contributed by atoms with Crippen molar-refractivity contribution in [2.24, 2.45) is 0 Å². The minimum absolute atomic E-state index is 0.113. The van der Waals surface area contributed by atoms with Gasteiger partial charge in [-0.3, -0.25) is 0 Å². The number of ether oxygens (including phenoxy) is 3. The van der Waals surface area contributed by atoms with Crippen LogP contribution in [0.5, 0.6) is 5.75 Å². The van der Waals surface area contributed by atoms with Crippen LogP contribution in [0.4, 0.5) is 4.79 Å². The van der Waals surface area contributed by atoms with Gasteiger partial charge in [0.1, 0.15) is 12.4 Å². The van der Waals surface area contributed by atoms with Crippen molar-refractivity contribution in [1.29, 1.82) is 0 Å². The van der Waals surface area contributed by atoms with Gasteiger partial charge >= 0.3 is 12.1 Å². The fourth-order valence-corrected chi connectivity index (χ4v) is 2.13. The first-order chi connectivity index (χ1) is 13.2. The van der Waals surface area contributed by atoms with Crippen LogP contribution in [0, 0.1) is 0 Å². The van der Waals surface area contributed by atoms with E-state index in [0.717, 1.165) is 11.1 Å². The zero-order valence-corrected chi connectivity index (χ0v) is 15.2. The number of hydrogen-bond donors (Lipinski definition) is 1. The molecular formula is C21H23NO5. The Kier molecular flexibility index (Phi) is 8.43. The standard InChI is InChI=1S/C21H23NO5/c1-25-20(23)16-26-19-12-10-17(11-13-19)7-5-6-14-22-21(24)27-15-18-8-3-2-4-9-18/h2-5,7-13H,6,14-16H2,1H3,(H,22,24). The van der Waals surface area contributed by atoms with Crippen molar-refractivity contribution in [3.05, 3.63) is 71.8 Å². The molecule has 0 aliphatic heterocycles. The molecule has 27 heavy (non-hydrogen) atoms. The number of rotatable bonds is 9. The van der Waals surface area contributed by atoms with Crippen LogP contribution in [0.15, 0.2) is 60.7 Å². The molecule has 0 unspecified atom stereocenters. The molecule has 0 bridgehead atoms. The molecule has 1 amide bonds. The molecule has 0 spiro atoms. The van der Waals surface area contributed by atoms with Gasteiger partial charge in [0, 0.05) is 6.54 Å². The largest absolute Gasteiger partial charge is 0.482 e. The van der Waals surface area contributed by atoms with Crippen LogP contribution in [0.3, 0.4) is 0 Å². The topological polar surface area (TPSA) is 73.9 Å². The molecule has 0 atom stereocenters. The van der Waals surface area contributed by atoms with Crippen molar-refractivity contribution in [3.8, 4) is 5.75 Å². The summed E-state index contributed by atoms with van der Waals surface area (Å²) < 4.78 is 14.9. The summed E-state index contributed by atoms with van der Waals surface area (Å²) in [4.78, 5) is 22.6. The summed E-state index contributed by atoms with van der Waals surface area (Å²) >= 11 is 0. The number of hydrogen-bond acceptors (Lipinski definition) is 5. The van der Waals surface area contributed by atoms with Gasteiger partial charge in [0.15, 0.2) is 6.61 Å². The monoisotopic (exact) mass is 369 g/mol. The van der Waals surface area contributed by atoms with Crippen molar-refractivity contribution in [2.75, 3.05) is 20.3 Å². The lowest BCUT2D eigenvalue weighted by Crippen LogP contribution is -2.24. The zero-order valence-electron chi connectivity index (χ0n) is 15.2. The molecule has 0 aliphatic rings. The molecule has 6 heteroatoms. The summed E-state index contributed by atoms with van der Waals surface area (Å²) in [5.74, 6) is 0.175. The van der Waals surface area contributed by atoms with E-state index in [0.29, 0.717) is 18.7 Å². The second-order valence-electron chi connectivity index (χ2n) is 5.61. The van der Waals surface area contributed by atoms with Crippen LogP contribution in [0.2, 0.25) is 0 Å². The van der Waals surface area contributed by atoms with Crippen LogP contribution in [-0.2, 0) is 20.9 Å².